The SMILES string of the molecule is c1ccc(-c2ccc(-c3ccc(N(c4ccccc4-c4ccccc4-c4ccc(-c5ccccc5)cc4-c4ccccc4)c4cccc5ccccc45)cc3)cc2)cc1. The number of para-hydroxylation sites is 1. The van der Waals surface area contributed by atoms with Gasteiger partial charge in [-0.2, -0.15) is 0 Å². The summed E-state index contributed by atoms with van der Waals surface area (Å²) in [5.41, 5.74) is 17.6. The number of hydrogen-bond acceptors (Lipinski definition) is 1. The Morgan fingerprint density at radius 2 is 0.627 bits per heavy atom. The van der Waals surface area contributed by atoms with E-state index in [1.165, 1.54) is 72.0 Å². The van der Waals surface area contributed by atoms with Crippen molar-refractivity contribution in [1.82, 2.24) is 0 Å². The molecule has 10 aromatic carbocycles. The molecule has 0 N–H and O–H groups in total. The van der Waals surface area contributed by atoms with Gasteiger partial charge in [-0.25, -0.2) is 0 Å². The van der Waals surface area contributed by atoms with Gasteiger partial charge in [0.15, 0.2) is 0 Å². The standard InChI is InChI=1S/C58H41N/c1-4-17-42(18-5-1)44-31-33-45(34-32-44)46-35-38-50(39-36-46)59(57-30-16-24-47-23-10-11-25-51(47)57)58-29-15-14-28-55(58)53-27-13-12-26-52(53)54-40-37-49(43-19-6-2-7-20-43)41-56(54)48-21-8-3-9-22-48/h1-41H. The lowest BCUT2D eigenvalue weighted by molar-refractivity contribution is 1.30. The molecule has 0 aromatic heterocycles. The van der Waals surface area contributed by atoms with E-state index in [1.54, 1.807) is 0 Å². The molecular formula is C58H41N. The van der Waals surface area contributed by atoms with Gasteiger partial charge in [-0.05, 0) is 96.9 Å². The Labute approximate surface area is 346 Å². The average Bonchev–Trinajstić information content (AvgIpc) is 3.33. The van der Waals surface area contributed by atoms with Crippen LogP contribution in [0, 0.1) is 0 Å². The minimum absolute atomic E-state index is 1.09. The van der Waals surface area contributed by atoms with Gasteiger partial charge in [0.1, 0.15) is 0 Å². The molecule has 0 aliphatic heterocycles. The summed E-state index contributed by atoms with van der Waals surface area (Å²) < 4.78 is 0. The Hall–Kier alpha value is -7.74. The molecule has 0 heterocycles. The molecule has 0 unspecified atom stereocenters. The zero-order valence-electron chi connectivity index (χ0n) is 32.6. The highest BCUT2D eigenvalue weighted by Crippen LogP contribution is 2.47. The van der Waals surface area contributed by atoms with E-state index in [1.807, 2.05) is 0 Å². The van der Waals surface area contributed by atoms with Crippen molar-refractivity contribution in [3.63, 3.8) is 0 Å². The van der Waals surface area contributed by atoms with E-state index in [0.717, 1.165) is 22.6 Å². The van der Waals surface area contributed by atoms with Crippen LogP contribution in [0.4, 0.5) is 17.1 Å². The van der Waals surface area contributed by atoms with Crippen LogP contribution >= 0.6 is 0 Å². The average molecular weight is 752 g/mol. The summed E-state index contributed by atoms with van der Waals surface area (Å²) in [7, 11) is 0. The molecule has 0 aliphatic carbocycles. The molecule has 10 aromatic rings. The molecule has 59 heavy (non-hydrogen) atoms. The van der Waals surface area contributed by atoms with E-state index >= 15 is 0 Å². The Bertz CT molecular complexity index is 3000. The number of fused-ring (bicyclic) bond motifs is 1. The van der Waals surface area contributed by atoms with Crippen molar-refractivity contribution in [1.29, 1.82) is 0 Å². The molecule has 0 aliphatic rings. The Balaban J connectivity index is 1.12. The van der Waals surface area contributed by atoms with Crippen molar-refractivity contribution in [3.8, 4) is 66.8 Å². The van der Waals surface area contributed by atoms with Gasteiger partial charge >= 0.3 is 0 Å². The summed E-state index contributed by atoms with van der Waals surface area (Å²) in [6.07, 6.45) is 0. The summed E-state index contributed by atoms with van der Waals surface area (Å²) in [4.78, 5) is 2.44. The van der Waals surface area contributed by atoms with Gasteiger partial charge in [0.25, 0.3) is 0 Å². The van der Waals surface area contributed by atoms with E-state index in [9.17, 15) is 0 Å². The smallest absolute Gasteiger partial charge is 0.0540 e. The molecule has 0 bridgehead atoms. The molecule has 0 spiro atoms. The number of nitrogens with zero attached hydrogens (tertiary/aromatic N) is 1. The highest BCUT2D eigenvalue weighted by molar-refractivity contribution is 6.03. The van der Waals surface area contributed by atoms with Crippen LogP contribution in [0.1, 0.15) is 0 Å². The molecule has 10 rings (SSSR count). The lowest BCUT2D eigenvalue weighted by Crippen LogP contribution is -2.12. The molecule has 278 valence electrons. The van der Waals surface area contributed by atoms with Gasteiger partial charge in [0.05, 0.1) is 11.4 Å². The van der Waals surface area contributed by atoms with Crippen molar-refractivity contribution in [2.45, 2.75) is 0 Å². The maximum Gasteiger partial charge on any atom is 0.0540 e. The second-order valence-electron chi connectivity index (χ2n) is 14.9. The summed E-state index contributed by atoms with van der Waals surface area (Å²) in [5, 5.41) is 2.40. The van der Waals surface area contributed by atoms with Crippen LogP contribution < -0.4 is 4.90 Å². The summed E-state index contributed by atoms with van der Waals surface area (Å²) >= 11 is 0. The highest BCUT2D eigenvalue weighted by Gasteiger charge is 2.22. The fraction of sp³-hybridized carbons (Fsp3) is 0. The van der Waals surface area contributed by atoms with Gasteiger partial charge in [-0.15, -0.1) is 0 Å². The quantitative estimate of drug-likeness (QED) is 0.142. The predicted molar refractivity (Wildman–Crippen MR) is 251 cm³/mol. The molecule has 0 saturated heterocycles. The number of rotatable bonds is 9. The maximum atomic E-state index is 2.44. The number of hydrogen-bond donors (Lipinski definition) is 0. The van der Waals surface area contributed by atoms with Gasteiger partial charge < -0.3 is 4.90 Å². The Morgan fingerprint density at radius 1 is 0.220 bits per heavy atom. The Kier molecular flexibility index (Phi) is 9.68. The number of benzene rings is 10. The van der Waals surface area contributed by atoms with E-state index in [-0.39, 0.29) is 0 Å². The molecule has 1 heteroatoms. The minimum atomic E-state index is 1.09. The van der Waals surface area contributed by atoms with Crippen molar-refractivity contribution in [3.05, 3.63) is 249 Å². The van der Waals surface area contributed by atoms with Crippen LogP contribution in [-0.2, 0) is 0 Å². The maximum absolute atomic E-state index is 2.44. The van der Waals surface area contributed by atoms with Gasteiger partial charge in [0.2, 0.25) is 0 Å². The zero-order chi connectivity index (χ0) is 39.4. The topological polar surface area (TPSA) is 3.24 Å². The van der Waals surface area contributed by atoms with E-state index in [4.69, 9.17) is 0 Å². The first-order valence-corrected chi connectivity index (χ1v) is 20.3. The van der Waals surface area contributed by atoms with Crippen LogP contribution in [0.15, 0.2) is 249 Å². The second kappa shape index (κ2) is 16.0. The summed E-state index contributed by atoms with van der Waals surface area (Å²) in [6.45, 7) is 0. The van der Waals surface area contributed by atoms with Crippen LogP contribution in [0.3, 0.4) is 0 Å². The van der Waals surface area contributed by atoms with Crippen molar-refractivity contribution < 1.29 is 0 Å². The van der Waals surface area contributed by atoms with Crippen LogP contribution in [0.2, 0.25) is 0 Å². The lowest BCUT2D eigenvalue weighted by atomic mass is 9.87. The van der Waals surface area contributed by atoms with Crippen LogP contribution in [0.25, 0.3) is 77.5 Å². The van der Waals surface area contributed by atoms with E-state index in [0.29, 0.717) is 0 Å². The first-order chi connectivity index (χ1) is 29.3. The molecule has 0 atom stereocenters. The monoisotopic (exact) mass is 751 g/mol. The summed E-state index contributed by atoms with van der Waals surface area (Å²) in [5.74, 6) is 0. The third kappa shape index (κ3) is 7.12. The normalized spacial score (nSPS) is 11.1. The fourth-order valence-corrected chi connectivity index (χ4v) is 8.39. The van der Waals surface area contributed by atoms with Gasteiger partial charge in [-0.3, -0.25) is 0 Å². The predicted octanol–water partition coefficient (Wildman–Crippen LogP) is 16.3. The van der Waals surface area contributed by atoms with E-state index < -0.39 is 0 Å². The Morgan fingerprint density at radius 3 is 1.27 bits per heavy atom. The molecule has 0 radical (unpaired) electrons. The van der Waals surface area contributed by atoms with Crippen molar-refractivity contribution in [2.24, 2.45) is 0 Å². The van der Waals surface area contributed by atoms with Crippen LogP contribution in [-0.4, -0.2) is 0 Å². The lowest BCUT2D eigenvalue weighted by Gasteiger charge is -2.30. The third-order valence-corrected chi connectivity index (χ3v) is 11.3. The zero-order valence-corrected chi connectivity index (χ0v) is 32.6. The fourth-order valence-electron chi connectivity index (χ4n) is 8.39. The van der Waals surface area contributed by atoms with Crippen molar-refractivity contribution >= 4 is 27.8 Å². The molecule has 1 nitrogen and oxygen atoms in total. The first-order valence-electron chi connectivity index (χ1n) is 20.3. The molecule has 0 saturated carbocycles. The number of anilines is 3. The molecule has 0 amide bonds. The van der Waals surface area contributed by atoms with Gasteiger partial charge in [0, 0.05) is 16.6 Å². The third-order valence-electron chi connectivity index (χ3n) is 11.3. The molecular weight excluding hydrogens is 711 g/mol. The second-order valence-corrected chi connectivity index (χ2v) is 14.9. The largest absolute Gasteiger partial charge is 0.309 e. The van der Waals surface area contributed by atoms with Crippen molar-refractivity contribution in [2.75, 3.05) is 4.90 Å². The van der Waals surface area contributed by atoms with Gasteiger partial charge in [-0.1, -0.05) is 218 Å². The highest BCUT2D eigenvalue weighted by atomic mass is 15.1. The minimum Gasteiger partial charge on any atom is -0.309 e. The molecule has 0 fully saturated rings. The van der Waals surface area contributed by atoms with E-state index in [2.05, 4.69) is 254 Å². The summed E-state index contributed by atoms with van der Waals surface area (Å²) in [6, 6.07) is 89.9. The first kappa shape index (κ1) is 35.7. The van der Waals surface area contributed by atoms with Crippen LogP contribution in [0.5, 0.6) is 0 Å².